The van der Waals surface area contributed by atoms with Crippen LogP contribution in [0.1, 0.15) is 5.56 Å². The van der Waals surface area contributed by atoms with Gasteiger partial charge in [-0.25, -0.2) is 18.2 Å². The van der Waals surface area contributed by atoms with Gasteiger partial charge in [0.2, 0.25) is 10.0 Å². The first kappa shape index (κ1) is 22.1. The summed E-state index contributed by atoms with van der Waals surface area (Å²) in [7, 11) is -4.10. The number of aromatic nitrogens is 2. The average molecular weight is 478 g/mol. The summed E-state index contributed by atoms with van der Waals surface area (Å²) < 4.78 is 65.2. The van der Waals surface area contributed by atoms with Crippen molar-refractivity contribution in [1.82, 2.24) is 9.78 Å². The molecule has 0 atom stereocenters. The molecule has 1 aromatic heterocycles. The molecule has 5 nitrogen and oxygen atoms in total. The third-order valence-electron chi connectivity index (χ3n) is 4.73. The lowest BCUT2D eigenvalue weighted by atomic mass is 10.1. The van der Waals surface area contributed by atoms with Crippen LogP contribution >= 0.6 is 11.6 Å². The molecular formula is C22H15ClF3N3O2S. The molecule has 0 saturated heterocycles. The fourth-order valence-corrected chi connectivity index (χ4v) is 4.10. The standard InChI is InChI=1S/C22H15ClF3N3O2S/c23-17-10-8-14(9-11-17)20-13-18(15-4-3-5-16(12-15)22(24,25)26)28-29(20)19-6-1-2-7-21(19)32(27,30)31/h1-13H,(H2,27,30,31). The predicted molar refractivity (Wildman–Crippen MR) is 116 cm³/mol. The van der Waals surface area contributed by atoms with Gasteiger partial charge in [-0.05, 0) is 42.5 Å². The first-order chi connectivity index (χ1) is 15.0. The smallest absolute Gasteiger partial charge is 0.231 e. The molecule has 0 saturated carbocycles. The SMILES string of the molecule is NS(=O)(=O)c1ccccc1-n1nc(-c2cccc(C(F)(F)F)c2)cc1-c1ccc(Cl)cc1. The maximum atomic E-state index is 13.2. The fourth-order valence-electron chi connectivity index (χ4n) is 3.26. The molecule has 0 unspecified atom stereocenters. The van der Waals surface area contributed by atoms with Crippen LogP contribution in [0.2, 0.25) is 5.02 Å². The number of hydrogen-bond donors (Lipinski definition) is 1. The van der Waals surface area contributed by atoms with Gasteiger partial charge in [-0.15, -0.1) is 0 Å². The van der Waals surface area contributed by atoms with Gasteiger partial charge in [0.15, 0.2) is 0 Å². The number of nitrogens with two attached hydrogens (primary N) is 1. The Morgan fingerprint density at radius 1 is 0.875 bits per heavy atom. The highest BCUT2D eigenvalue weighted by molar-refractivity contribution is 7.89. The molecule has 0 fully saturated rings. The van der Waals surface area contributed by atoms with Gasteiger partial charge in [-0.2, -0.15) is 18.3 Å². The Morgan fingerprint density at radius 3 is 2.22 bits per heavy atom. The van der Waals surface area contributed by atoms with E-state index in [9.17, 15) is 21.6 Å². The summed E-state index contributed by atoms with van der Waals surface area (Å²) >= 11 is 5.98. The van der Waals surface area contributed by atoms with E-state index in [1.807, 2.05) is 0 Å². The van der Waals surface area contributed by atoms with Crippen LogP contribution in [0.3, 0.4) is 0 Å². The summed E-state index contributed by atoms with van der Waals surface area (Å²) in [5.74, 6) is 0. The Labute approximate surface area is 186 Å². The molecule has 0 aliphatic heterocycles. The number of halogens is 4. The zero-order valence-electron chi connectivity index (χ0n) is 16.2. The van der Waals surface area contributed by atoms with Gasteiger partial charge in [-0.3, -0.25) is 0 Å². The van der Waals surface area contributed by atoms with E-state index in [2.05, 4.69) is 5.10 Å². The molecule has 32 heavy (non-hydrogen) atoms. The lowest BCUT2D eigenvalue weighted by molar-refractivity contribution is -0.137. The normalized spacial score (nSPS) is 12.2. The van der Waals surface area contributed by atoms with Crippen LogP contribution < -0.4 is 5.14 Å². The summed E-state index contributed by atoms with van der Waals surface area (Å²) in [4.78, 5) is -0.172. The number of sulfonamides is 1. The highest BCUT2D eigenvalue weighted by Crippen LogP contribution is 2.35. The highest BCUT2D eigenvalue weighted by Gasteiger charge is 2.31. The van der Waals surface area contributed by atoms with Crippen molar-refractivity contribution >= 4 is 21.6 Å². The van der Waals surface area contributed by atoms with Crippen molar-refractivity contribution < 1.29 is 21.6 Å². The minimum absolute atomic E-state index is 0.165. The second-order valence-electron chi connectivity index (χ2n) is 6.92. The van der Waals surface area contributed by atoms with Crippen molar-refractivity contribution in [3.05, 3.63) is 89.4 Å². The molecule has 3 aromatic carbocycles. The highest BCUT2D eigenvalue weighted by atomic mass is 35.5. The van der Waals surface area contributed by atoms with Gasteiger partial charge in [0, 0.05) is 16.1 Å². The third kappa shape index (κ3) is 4.40. The van der Waals surface area contributed by atoms with Crippen LogP contribution in [-0.2, 0) is 16.2 Å². The van der Waals surface area contributed by atoms with Crippen LogP contribution in [0.25, 0.3) is 28.2 Å². The number of para-hydroxylation sites is 1. The monoisotopic (exact) mass is 477 g/mol. The molecule has 0 radical (unpaired) electrons. The number of primary sulfonamides is 1. The summed E-state index contributed by atoms with van der Waals surface area (Å²) in [6.45, 7) is 0. The van der Waals surface area contributed by atoms with Crippen molar-refractivity contribution in [3.8, 4) is 28.2 Å². The fraction of sp³-hybridized carbons (Fsp3) is 0.0455. The Hall–Kier alpha value is -3.14. The van der Waals surface area contributed by atoms with Gasteiger partial charge in [0.1, 0.15) is 4.90 Å². The maximum absolute atomic E-state index is 13.2. The Morgan fingerprint density at radius 2 is 1.56 bits per heavy atom. The van der Waals surface area contributed by atoms with Crippen molar-refractivity contribution in [2.24, 2.45) is 5.14 Å². The molecule has 0 aliphatic carbocycles. The van der Waals surface area contributed by atoms with Crippen molar-refractivity contribution in [2.45, 2.75) is 11.1 Å². The van der Waals surface area contributed by atoms with Crippen molar-refractivity contribution in [2.75, 3.05) is 0 Å². The average Bonchev–Trinajstić information content (AvgIpc) is 3.18. The van der Waals surface area contributed by atoms with Crippen LogP contribution in [-0.4, -0.2) is 18.2 Å². The minimum atomic E-state index is -4.52. The summed E-state index contributed by atoms with van der Waals surface area (Å²) in [5, 5.41) is 10.3. The molecule has 0 aliphatic rings. The first-order valence-electron chi connectivity index (χ1n) is 9.20. The zero-order valence-corrected chi connectivity index (χ0v) is 17.8. The summed E-state index contributed by atoms with van der Waals surface area (Å²) in [6, 6.07) is 19.0. The minimum Gasteiger partial charge on any atom is -0.231 e. The van der Waals surface area contributed by atoms with Gasteiger partial charge in [-0.1, -0.05) is 48.0 Å². The van der Waals surface area contributed by atoms with E-state index < -0.39 is 21.8 Å². The molecule has 0 spiro atoms. The quantitative estimate of drug-likeness (QED) is 0.420. The van der Waals surface area contributed by atoms with E-state index >= 15 is 0 Å². The second-order valence-corrected chi connectivity index (χ2v) is 8.89. The molecule has 2 N–H and O–H groups in total. The van der Waals surface area contributed by atoms with Gasteiger partial charge in [0.25, 0.3) is 0 Å². The van der Waals surface area contributed by atoms with Crippen molar-refractivity contribution in [1.29, 1.82) is 0 Å². The topological polar surface area (TPSA) is 78.0 Å². The number of nitrogens with zero attached hydrogens (tertiary/aromatic N) is 2. The van der Waals surface area contributed by atoms with Crippen LogP contribution in [0.5, 0.6) is 0 Å². The molecule has 1 heterocycles. The maximum Gasteiger partial charge on any atom is 0.416 e. The molecule has 164 valence electrons. The molecule has 4 rings (SSSR count). The second kappa shape index (κ2) is 8.09. The molecule has 4 aromatic rings. The van der Waals surface area contributed by atoms with Gasteiger partial charge < -0.3 is 0 Å². The van der Waals surface area contributed by atoms with E-state index in [0.717, 1.165) is 12.1 Å². The van der Waals surface area contributed by atoms with Gasteiger partial charge >= 0.3 is 6.18 Å². The van der Waals surface area contributed by atoms with E-state index in [4.69, 9.17) is 16.7 Å². The number of benzene rings is 3. The third-order valence-corrected chi connectivity index (χ3v) is 5.95. The Bertz CT molecular complexity index is 1400. The van der Waals surface area contributed by atoms with Crippen LogP contribution in [0.15, 0.2) is 83.8 Å². The molecule has 0 amide bonds. The zero-order chi connectivity index (χ0) is 23.1. The van der Waals surface area contributed by atoms with E-state index in [1.54, 1.807) is 36.4 Å². The van der Waals surface area contributed by atoms with E-state index in [0.29, 0.717) is 16.3 Å². The molecule has 0 bridgehead atoms. The van der Waals surface area contributed by atoms with Crippen LogP contribution in [0.4, 0.5) is 13.2 Å². The van der Waals surface area contributed by atoms with Crippen molar-refractivity contribution in [3.63, 3.8) is 0 Å². The Kier molecular flexibility index (Phi) is 5.58. The van der Waals surface area contributed by atoms with Gasteiger partial charge in [0.05, 0.1) is 22.6 Å². The van der Waals surface area contributed by atoms with Crippen LogP contribution in [0, 0.1) is 0 Å². The number of alkyl halides is 3. The number of rotatable bonds is 4. The number of hydrogen-bond acceptors (Lipinski definition) is 3. The molecular weight excluding hydrogens is 463 g/mol. The summed E-state index contributed by atoms with van der Waals surface area (Å²) in [5.41, 5.74) is 0.877. The lowest BCUT2D eigenvalue weighted by Gasteiger charge is -2.11. The van der Waals surface area contributed by atoms with E-state index in [-0.39, 0.29) is 21.8 Å². The predicted octanol–water partition coefficient (Wildman–Crippen LogP) is 5.53. The first-order valence-corrected chi connectivity index (χ1v) is 11.1. The van der Waals surface area contributed by atoms with E-state index in [1.165, 1.54) is 35.0 Å². The Balaban J connectivity index is 1.97. The molecule has 10 heteroatoms. The summed E-state index contributed by atoms with van der Waals surface area (Å²) in [6.07, 6.45) is -4.52. The largest absolute Gasteiger partial charge is 0.416 e. The lowest BCUT2D eigenvalue weighted by Crippen LogP contribution is -2.16.